The average molecular weight is 110 g/mol. The van der Waals surface area contributed by atoms with Crippen LogP contribution in [0.5, 0.6) is 0 Å². The number of hydrogen-bond acceptors (Lipinski definition) is 0. The molecule has 2 nitrogen and oxygen atoms in total. The number of halogens is 3. The van der Waals surface area contributed by atoms with Crippen LogP contribution in [0.1, 0.15) is 0 Å². The molecule has 0 aliphatic heterocycles. The maximum atomic E-state index is 11.0. The van der Waals surface area contributed by atoms with Crippen LogP contribution in [0.25, 0.3) is 5.53 Å². The molecule has 0 atom stereocenters. The van der Waals surface area contributed by atoms with Gasteiger partial charge in [0.15, 0.2) is 0 Å². The molecule has 0 heterocycles. The van der Waals surface area contributed by atoms with Crippen LogP contribution in [0.2, 0.25) is 0 Å². The Labute approximate surface area is 37.2 Å². The van der Waals surface area contributed by atoms with Crippen LogP contribution in [0.4, 0.5) is 13.2 Å². The summed E-state index contributed by atoms with van der Waals surface area (Å²) in [4.78, 5) is 1.59. The fraction of sp³-hybridized carbons (Fsp3) is 0.500. The van der Waals surface area contributed by atoms with Crippen LogP contribution in [0.15, 0.2) is 0 Å². The lowest BCUT2D eigenvalue weighted by Gasteiger charge is -1.74. The Hall–Kier alpha value is -0.830. The summed E-state index contributed by atoms with van der Waals surface area (Å²) >= 11 is 0. The van der Waals surface area contributed by atoms with E-state index in [-0.39, 0.29) is 0 Å². The second-order valence-corrected chi connectivity index (χ2v) is 0.723. The Morgan fingerprint density at radius 3 is 2.00 bits per heavy atom. The van der Waals surface area contributed by atoms with E-state index in [1.165, 1.54) is 0 Å². The Kier molecular flexibility index (Phi) is 2.08. The van der Waals surface area contributed by atoms with Crippen LogP contribution >= 0.6 is 0 Å². The number of nitrogens with zero attached hydrogens (tertiary/aromatic N) is 2. The van der Waals surface area contributed by atoms with Crippen LogP contribution in [-0.2, 0) is 0 Å². The fourth-order valence-corrected chi connectivity index (χ4v) is 0.0436. The molecule has 0 saturated carbocycles. The molecule has 0 saturated heterocycles. The summed E-state index contributed by atoms with van der Waals surface area (Å²) in [5.41, 5.74) is 7.24. The molecule has 0 fully saturated rings. The quantitative estimate of drug-likeness (QED) is 0.272. The van der Waals surface area contributed by atoms with Crippen molar-refractivity contribution in [2.45, 2.75) is 6.43 Å². The molecule has 0 aromatic heterocycles. The highest BCUT2D eigenvalue weighted by Crippen LogP contribution is 1.92. The Balaban J connectivity index is 3.81. The first-order valence-electron chi connectivity index (χ1n) is 1.34. The molecular weight excluding hydrogens is 109 g/mol. The van der Waals surface area contributed by atoms with Crippen molar-refractivity contribution in [1.82, 2.24) is 0 Å². The maximum absolute atomic E-state index is 11.0. The van der Waals surface area contributed by atoms with E-state index in [4.69, 9.17) is 5.53 Å². The van der Waals surface area contributed by atoms with Crippen molar-refractivity contribution in [3.05, 3.63) is 5.53 Å². The average Bonchev–Trinajstić information content (AvgIpc) is 1.65. The van der Waals surface area contributed by atoms with Crippen molar-refractivity contribution < 1.29 is 18.0 Å². The monoisotopic (exact) mass is 110 g/mol. The predicted molar refractivity (Wildman–Crippen MR) is 15.7 cm³/mol. The van der Waals surface area contributed by atoms with E-state index in [1.807, 2.05) is 0 Å². The lowest BCUT2D eigenvalue weighted by atomic mass is 10.7. The van der Waals surface area contributed by atoms with Crippen molar-refractivity contribution in [1.29, 1.82) is 0 Å². The van der Waals surface area contributed by atoms with Gasteiger partial charge in [-0.05, 0) is 0 Å². The molecule has 0 aromatic carbocycles. The van der Waals surface area contributed by atoms with Gasteiger partial charge in [0, 0.05) is 0 Å². The van der Waals surface area contributed by atoms with Crippen molar-refractivity contribution in [2.75, 3.05) is 0 Å². The van der Waals surface area contributed by atoms with E-state index in [0.717, 1.165) is 0 Å². The molecule has 0 rings (SSSR count). The van der Waals surface area contributed by atoms with Crippen LogP contribution in [0.3, 0.4) is 0 Å². The Morgan fingerprint density at radius 1 is 1.57 bits per heavy atom. The molecule has 7 heavy (non-hydrogen) atoms. The zero-order valence-corrected chi connectivity index (χ0v) is 3.11. The molecule has 5 heteroatoms. The summed E-state index contributed by atoms with van der Waals surface area (Å²) in [5, 5.41) is 0. The largest absolute Gasteiger partial charge is 0.509 e. The summed E-state index contributed by atoms with van der Waals surface area (Å²) in [6.45, 7) is 0. The lowest BCUT2D eigenvalue weighted by Crippen LogP contribution is -2.02. The minimum absolute atomic E-state index is 1.59. The summed E-state index contributed by atoms with van der Waals surface area (Å²) in [6.07, 6.45) is -3.30. The highest BCUT2D eigenvalue weighted by molar-refractivity contribution is 5.71. The second-order valence-electron chi connectivity index (χ2n) is 0.723. The molecule has 0 aliphatic rings. The van der Waals surface area contributed by atoms with Crippen molar-refractivity contribution in [3.63, 3.8) is 0 Å². The van der Waals surface area contributed by atoms with Gasteiger partial charge < -0.3 is 5.53 Å². The van der Waals surface area contributed by atoms with Gasteiger partial charge in [0.2, 0.25) is 0 Å². The van der Waals surface area contributed by atoms with Crippen LogP contribution in [0, 0.1) is 0 Å². The summed E-state index contributed by atoms with van der Waals surface area (Å²) in [6, 6.07) is 0. The number of alkyl halides is 2. The Bertz CT molecular complexity index is 104. The van der Waals surface area contributed by atoms with E-state index in [2.05, 4.69) is 0 Å². The van der Waals surface area contributed by atoms with Gasteiger partial charge in [-0.1, -0.05) is 0 Å². The van der Waals surface area contributed by atoms with E-state index < -0.39 is 12.4 Å². The van der Waals surface area contributed by atoms with Gasteiger partial charge in [0.25, 0.3) is 0 Å². The van der Waals surface area contributed by atoms with Gasteiger partial charge in [-0.25, -0.2) is 0 Å². The Morgan fingerprint density at radius 2 is 2.00 bits per heavy atom. The molecular formula is C2HF3N2. The SMILES string of the molecule is [N-]=[N+]=C(F)C(F)F. The first kappa shape index (κ1) is 6.17. The first-order chi connectivity index (χ1) is 3.18. The first-order valence-corrected chi connectivity index (χ1v) is 1.34. The van der Waals surface area contributed by atoms with Crippen LogP contribution in [-0.4, -0.2) is 17.2 Å². The standard InChI is InChI=1S/C2HF3N2/c3-1(4)2(5)7-6/h1H. The zero-order valence-electron chi connectivity index (χ0n) is 3.11. The number of hydrogen-bond donors (Lipinski definition) is 0. The minimum atomic E-state index is -3.30. The third kappa shape index (κ3) is 1.94. The summed E-state index contributed by atoms with van der Waals surface area (Å²) in [7, 11) is 0. The van der Waals surface area contributed by atoms with Crippen LogP contribution < -0.4 is 0 Å². The molecule has 40 valence electrons. The molecule has 0 bridgehead atoms. The van der Waals surface area contributed by atoms with E-state index in [9.17, 15) is 13.2 Å². The fourth-order valence-electron chi connectivity index (χ4n) is 0.0436. The smallest absolute Gasteiger partial charge is 0.358 e. The molecule has 0 aliphatic carbocycles. The van der Waals surface area contributed by atoms with E-state index in [1.54, 1.807) is 4.79 Å². The van der Waals surface area contributed by atoms with Crippen molar-refractivity contribution in [2.24, 2.45) is 0 Å². The van der Waals surface area contributed by atoms with Gasteiger partial charge in [0.05, 0.1) is 0 Å². The highest BCUT2D eigenvalue weighted by Gasteiger charge is 2.19. The molecule has 0 radical (unpaired) electrons. The van der Waals surface area contributed by atoms with Crippen molar-refractivity contribution in [3.8, 4) is 0 Å². The molecule has 0 amide bonds. The topological polar surface area (TPSA) is 36.4 Å². The van der Waals surface area contributed by atoms with Gasteiger partial charge in [-0.15, -0.1) is 9.18 Å². The van der Waals surface area contributed by atoms with Gasteiger partial charge in [-0.2, -0.15) is 8.78 Å². The third-order valence-electron chi connectivity index (χ3n) is 0.276. The zero-order chi connectivity index (χ0) is 5.86. The molecule has 0 unspecified atom stereocenters. The maximum Gasteiger partial charge on any atom is 0.509 e. The van der Waals surface area contributed by atoms with Gasteiger partial charge >= 0.3 is 12.4 Å². The lowest BCUT2D eigenvalue weighted by molar-refractivity contribution is -0.0420. The van der Waals surface area contributed by atoms with E-state index in [0.29, 0.717) is 0 Å². The predicted octanol–water partition coefficient (Wildman–Crippen LogP) is 0.849. The van der Waals surface area contributed by atoms with Gasteiger partial charge in [0.1, 0.15) is 0 Å². The summed E-state index contributed by atoms with van der Waals surface area (Å²) < 4.78 is 32.5. The highest BCUT2D eigenvalue weighted by atomic mass is 19.3. The molecule has 0 aromatic rings. The van der Waals surface area contributed by atoms with Gasteiger partial charge in [-0.3, -0.25) is 0 Å². The molecule has 0 N–H and O–H groups in total. The second kappa shape index (κ2) is 2.36. The minimum Gasteiger partial charge on any atom is -0.358 e. The normalized spacial score (nSPS) is 8.57. The van der Waals surface area contributed by atoms with Crippen molar-refractivity contribution >= 4 is 5.97 Å². The number of rotatable bonds is 1. The van der Waals surface area contributed by atoms with E-state index >= 15 is 0 Å². The molecule has 0 spiro atoms. The third-order valence-corrected chi connectivity index (χ3v) is 0.276. The summed E-state index contributed by atoms with van der Waals surface area (Å²) in [5.74, 6) is -2.06.